The molecule has 0 N–H and O–H groups in total. The number of hydrogen-bond acceptors (Lipinski definition) is 1. The van der Waals surface area contributed by atoms with E-state index in [0.717, 1.165) is 24.1 Å². The molecule has 1 aliphatic heterocycles. The van der Waals surface area contributed by atoms with Crippen LogP contribution in [0.2, 0.25) is 0 Å². The van der Waals surface area contributed by atoms with Crippen LogP contribution in [0.1, 0.15) is 30.9 Å². The van der Waals surface area contributed by atoms with E-state index in [1.54, 1.807) is 0 Å². The van der Waals surface area contributed by atoms with Crippen molar-refractivity contribution in [1.29, 1.82) is 0 Å². The lowest BCUT2D eigenvalue weighted by molar-refractivity contribution is 1.09. The number of hydrogen-bond donors (Lipinski definition) is 0. The van der Waals surface area contributed by atoms with Crippen molar-refractivity contribution in [3.05, 3.63) is 96.6 Å². The summed E-state index contributed by atoms with van der Waals surface area (Å²) < 4.78 is 0. The zero-order valence-corrected chi connectivity index (χ0v) is 16.7. The van der Waals surface area contributed by atoms with E-state index < -0.39 is 0 Å². The van der Waals surface area contributed by atoms with Gasteiger partial charge in [-0.1, -0.05) is 85.0 Å². The normalized spacial score (nSPS) is 13.6. The van der Waals surface area contributed by atoms with Crippen LogP contribution in [0.25, 0.3) is 43.9 Å². The van der Waals surface area contributed by atoms with Gasteiger partial charge in [0.2, 0.25) is 0 Å². The van der Waals surface area contributed by atoms with E-state index in [-0.39, 0.29) is 0 Å². The predicted molar refractivity (Wildman–Crippen MR) is 127 cm³/mol. The largest absolute Gasteiger partial charge is 0.261 e. The third-order valence-electron chi connectivity index (χ3n) is 5.70. The lowest BCUT2D eigenvalue weighted by atomic mass is 9.86. The molecule has 0 amide bonds. The number of nitrogens with zero attached hydrogens (tertiary/aromatic N) is 1. The molecule has 1 heteroatoms. The quantitative estimate of drug-likeness (QED) is 0.324. The SMILES string of the molecule is C=C(C)c1cccc(-c2c3ccccc3c(C3=CCCC=N3)c3ccccc23)c1. The van der Waals surface area contributed by atoms with Crippen molar-refractivity contribution in [3.8, 4) is 11.1 Å². The van der Waals surface area contributed by atoms with E-state index in [2.05, 4.69) is 92.4 Å². The number of rotatable bonds is 3. The molecule has 4 aromatic carbocycles. The molecule has 0 unspecified atom stereocenters. The van der Waals surface area contributed by atoms with Gasteiger partial charge in [0.25, 0.3) is 0 Å². The zero-order valence-electron chi connectivity index (χ0n) is 16.7. The summed E-state index contributed by atoms with van der Waals surface area (Å²) >= 11 is 0. The third-order valence-corrected chi connectivity index (χ3v) is 5.70. The average Bonchev–Trinajstić information content (AvgIpc) is 2.78. The molecule has 0 atom stereocenters. The highest BCUT2D eigenvalue weighted by Gasteiger charge is 2.17. The van der Waals surface area contributed by atoms with Crippen molar-refractivity contribution in [2.24, 2.45) is 4.99 Å². The van der Waals surface area contributed by atoms with Crippen LogP contribution in [-0.4, -0.2) is 6.21 Å². The zero-order chi connectivity index (χ0) is 19.8. The maximum atomic E-state index is 4.76. The van der Waals surface area contributed by atoms with E-state index in [4.69, 9.17) is 4.99 Å². The van der Waals surface area contributed by atoms with Gasteiger partial charge < -0.3 is 0 Å². The van der Waals surface area contributed by atoms with Crippen molar-refractivity contribution >= 4 is 39.0 Å². The molecule has 1 nitrogen and oxygen atoms in total. The summed E-state index contributed by atoms with van der Waals surface area (Å²) in [4.78, 5) is 4.76. The van der Waals surface area contributed by atoms with Gasteiger partial charge in [-0.25, -0.2) is 0 Å². The molecule has 0 aliphatic carbocycles. The minimum absolute atomic E-state index is 1.02. The van der Waals surface area contributed by atoms with Crippen LogP contribution in [-0.2, 0) is 0 Å². The van der Waals surface area contributed by atoms with Crippen molar-refractivity contribution in [2.75, 3.05) is 0 Å². The summed E-state index contributed by atoms with van der Waals surface area (Å²) in [6, 6.07) is 26.2. The molecular formula is C28H23N. The summed E-state index contributed by atoms with van der Waals surface area (Å²) in [6.45, 7) is 6.20. The Morgan fingerprint density at radius 3 is 1.93 bits per heavy atom. The van der Waals surface area contributed by atoms with Crippen molar-refractivity contribution in [3.63, 3.8) is 0 Å². The Labute approximate surface area is 171 Å². The van der Waals surface area contributed by atoms with Gasteiger partial charge in [0, 0.05) is 11.8 Å². The van der Waals surface area contributed by atoms with Crippen LogP contribution < -0.4 is 0 Å². The van der Waals surface area contributed by atoms with Crippen LogP contribution in [0.15, 0.2) is 90.4 Å². The Morgan fingerprint density at radius 2 is 1.38 bits per heavy atom. The van der Waals surface area contributed by atoms with Gasteiger partial charge >= 0.3 is 0 Å². The molecule has 0 aromatic heterocycles. The Hall–Kier alpha value is -3.45. The fourth-order valence-corrected chi connectivity index (χ4v) is 4.33. The van der Waals surface area contributed by atoms with Crippen molar-refractivity contribution < 1.29 is 0 Å². The number of benzene rings is 4. The lowest BCUT2D eigenvalue weighted by Crippen LogP contribution is -1.95. The first-order valence-corrected chi connectivity index (χ1v) is 10.2. The van der Waals surface area contributed by atoms with E-state index in [9.17, 15) is 0 Å². The first kappa shape index (κ1) is 17.6. The molecule has 1 heterocycles. The van der Waals surface area contributed by atoms with Crippen molar-refractivity contribution in [2.45, 2.75) is 19.8 Å². The molecule has 0 spiro atoms. The third kappa shape index (κ3) is 3.00. The molecule has 4 aromatic rings. The highest BCUT2D eigenvalue weighted by Crippen LogP contribution is 2.42. The molecule has 1 aliphatic rings. The van der Waals surface area contributed by atoms with Gasteiger partial charge in [-0.05, 0) is 64.1 Å². The highest BCUT2D eigenvalue weighted by atomic mass is 14.7. The predicted octanol–water partition coefficient (Wildman–Crippen LogP) is 7.90. The summed E-state index contributed by atoms with van der Waals surface area (Å²) in [6.07, 6.45) is 6.38. The van der Waals surface area contributed by atoms with Crippen LogP contribution in [0.4, 0.5) is 0 Å². The summed E-state index contributed by atoms with van der Waals surface area (Å²) in [7, 11) is 0. The molecule has 0 bridgehead atoms. The Kier molecular flexibility index (Phi) is 4.37. The summed E-state index contributed by atoms with van der Waals surface area (Å²) in [5, 5.41) is 5.04. The van der Waals surface area contributed by atoms with Gasteiger partial charge in [0.15, 0.2) is 0 Å². The molecular weight excluding hydrogens is 350 g/mol. The topological polar surface area (TPSA) is 12.4 Å². The average molecular weight is 373 g/mol. The van der Waals surface area contributed by atoms with Crippen molar-refractivity contribution in [1.82, 2.24) is 0 Å². The standard InChI is InChI=1S/C28H23N/c1-19(2)20-10-9-11-21(18-20)27-22-12-3-5-14-24(22)28(26-16-7-8-17-29-26)25-15-6-4-13-23(25)27/h3-6,9-18H,1,7-8H2,2H3. The van der Waals surface area contributed by atoms with Crippen LogP contribution in [0, 0.1) is 0 Å². The van der Waals surface area contributed by atoms with E-state index in [1.807, 2.05) is 6.21 Å². The van der Waals surface area contributed by atoms with Crippen LogP contribution in [0.5, 0.6) is 0 Å². The van der Waals surface area contributed by atoms with E-state index in [1.165, 1.54) is 43.8 Å². The Morgan fingerprint density at radius 1 is 0.759 bits per heavy atom. The highest BCUT2D eigenvalue weighted by molar-refractivity contribution is 6.19. The lowest BCUT2D eigenvalue weighted by Gasteiger charge is -2.19. The van der Waals surface area contributed by atoms with Gasteiger partial charge in [0.05, 0.1) is 5.70 Å². The monoisotopic (exact) mass is 373 g/mol. The maximum absolute atomic E-state index is 4.76. The van der Waals surface area contributed by atoms with Crippen LogP contribution >= 0.6 is 0 Å². The van der Waals surface area contributed by atoms with E-state index >= 15 is 0 Å². The minimum atomic E-state index is 1.02. The second-order valence-corrected chi connectivity index (χ2v) is 7.68. The first-order valence-electron chi connectivity index (χ1n) is 10.2. The molecule has 0 saturated carbocycles. The van der Waals surface area contributed by atoms with E-state index in [0.29, 0.717) is 0 Å². The Balaban J connectivity index is 1.93. The second-order valence-electron chi connectivity index (χ2n) is 7.68. The van der Waals surface area contributed by atoms with Gasteiger partial charge in [-0.15, -0.1) is 0 Å². The molecule has 0 radical (unpaired) electrons. The van der Waals surface area contributed by atoms with Gasteiger partial charge in [-0.3, -0.25) is 4.99 Å². The Bertz CT molecular complexity index is 1260. The molecule has 5 rings (SSSR count). The molecule has 0 saturated heterocycles. The minimum Gasteiger partial charge on any atom is -0.261 e. The summed E-state index contributed by atoms with van der Waals surface area (Å²) in [5.41, 5.74) is 7.10. The molecule has 0 fully saturated rings. The van der Waals surface area contributed by atoms with Gasteiger partial charge in [0.1, 0.15) is 0 Å². The number of aliphatic imine (C=N–C) groups is 1. The fraction of sp³-hybridized carbons (Fsp3) is 0.107. The fourth-order valence-electron chi connectivity index (χ4n) is 4.33. The van der Waals surface area contributed by atoms with Crippen LogP contribution in [0.3, 0.4) is 0 Å². The number of allylic oxidation sites excluding steroid dienone is 2. The maximum Gasteiger partial charge on any atom is 0.0670 e. The molecule has 140 valence electrons. The first-order chi connectivity index (χ1) is 14.2. The second kappa shape index (κ2) is 7.18. The van der Waals surface area contributed by atoms with Gasteiger partial charge in [-0.2, -0.15) is 0 Å². The molecule has 29 heavy (non-hydrogen) atoms. The number of fused-ring (bicyclic) bond motifs is 2. The summed E-state index contributed by atoms with van der Waals surface area (Å²) in [5.74, 6) is 0. The smallest absolute Gasteiger partial charge is 0.0670 e.